The number of carbonyl (C=O) groups excluding carboxylic acids is 2. The minimum absolute atomic E-state index is 0.0206. The number of hydrogen-bond acceptors (Lipinski definition) is 3. The van der Waals surface area contributed by atoms with Gasteiger partial charge in [0.1, 0.15) is 6.04 Å². The Bertz CT molecular complexity index is 709. The molecule has 0 aliphatic carbocycles. The molecule has 120 valence electrons. The van der Waals surface area contributed by atoms with Gasteiger partial charge in [0.05, 0.1) is 0 Å². The van der Waals surface area contributed by atoms with Crippen molar-refractivity contribution in [2.75, 3.05) is 19.4 Å². The van der Waals surface area contributed by atoms with Crippen molar-refractivity contribution in [1.82, 2.24) is 4.90 Å². The predicted molar refractivity (Wildman–Crippen MR) is 92.7 cm³/mol. The van der Waals surface area contributed by atoms with E-state index in [2.05, 4.69) is 5.32 Å². The van der Waals surface area contributed by atoms with Gasteiger partial charge in [0, 0.05) is 11.3 Å². The van der Waals surface area contributed by atoms with Gasteiger partial charge >= 0.3 is 0 Å². The van der Waals surface area contributed by atoms with E-state index in [9.17, 15) is 9.59 Å². The molecule has 2 rings (SSSR count). The largest absolute Gasteiger partial charge is 0.324 e. The Morgan fingerprint density at radius 2 is 1.70 bits per heavy atom. The first kappa shape index (κ1) is 16.9. The molecule has 0 radical (unpaired) electrons. The van der Waals surface area contributed by atoms with E-state index in [4.69, 9.17) is 0 Å². The number of hydrogen-bond donors (Lipinski definition) is 1. The van der Waals surface area contributed by atoms with Gasteiger partial charge in [-0.2, -0.15) is 0 Å². The number of amides is 1. The third-order valence-electron chi connectivity index (χ3n) is 3.78. The average molecular weight is 310 g/mol. The molecule has 1 unspecified atom stereocenters. The van der Waals surface area contributed by atoms with E-state index in [0.29, 0.717) is 11.3 Å². The second-order valence-corrected chi connectivity index (χ2v) is 5.85. The fourth-order valence-corrected chi connectivity index (χ4v) is 2.50. The van der Waals surface area contributed by atoms with Crippen molar-refractivity contribution in [2.24, 2.45) is 0 Å². The molecule has 0 spiro atoms. The van der Waals surface area contributed by atoms with Crippen LogP contribution in [0.2, 0.25) is 0 Å². The third-order valence-corrected chi connectivity index (χ3v) is 3.78. The zero-order valence-electron chi connectivity index (χ0n) is 14.0. The Hall–Kier alpha value is -2.46. The lowest BCUT2D eigenvalue weighted by Crippen LogP contribution is -2.32. The molecule has 0 saturated heterocycles. The molecule has 0 aliphatic heterocycles. The highest BCUT2D eigenvalue weighted by Gasteiger charge is 2.23. The Labute approximate surface area is 137 Å². The molecule has 4 nitrogen and oxygen atoms in total. The van der Waals surface area contributed by atoms with Gasteiger partial charge < -0.3 is 5.32 Å². The molecule has 1 atom stereocenters. The van der Waals surface area contributed by atoms with Crippen LogP contribution >= 0.6 is 0 Å². The summed E-state index contributed by atoms with van der Waals surface area (Å²) in [5, 5.41) is 2.95. The van der Waals surface area contributed by atoms with Crippen LogP contribution < -0.4 is 5.32 Å². The number of anilines is 1. The molecular formula is C19H22N2O2. The zero-order chi connectivity index (χ0) is 17.0. The minimum Gasteiger partial charge on any atom is -0.324 e. The molecule has 1 amide bonds. The fraction of sp³-hybridized carbons (Fsp3) is 0.263. The van der Waals surface area contributed by atoms with Gasteiger partial charge in [0.15, 0.2) is 5.78 Å². The van der Waals surface area contributed by atoms with Gasteiger partial charge in [0.25, 0.3) is 0 Å². The number of ketones is 1. The van der Waals surface area contributed by atoms with Crippen molar-refractivity contribution in [3.05, 3.63) is 65.2 Å². The maximum absolute atomic E-state index is 12.8. The van der Waals surface area contributed by atoms with Gasteiger partial charge in [-0.25, -0.2) is 0 Å². The number of aryl methyl sites for hydroxylation is 1. The van der Waals surface area contributed by atoms with Crippen LogP contribution in [-0.4, -0.2) is 30.7 Å². The van der Waals surface area contributed by atoms with Crippen molar-refractivity contribution in [3.8, 4) is 0 Å². The van der Waals surface area contributed by atoms with Crippen LogP contribution in [0.1, 0.15) is 34.5 Å². The lowest BCUT2D eigenvalue weighted by Gasteiger charge is -2.24. The summed E-state index contributed by atoms with van der Waals surface area (Å²) in [7, 11) is 3.74. The second-order valence-electron chi connectivity index (χ2n) is 5.85. The average Bonchev–Trinajstić information content (AvgIpc) is 2.50. The molecule has 2 aromatic rings. The molecule has 23 heavy (non-hydrogen) atoms. The first-order valence-electron chi connectivity index (χ1n) is 7.54. The van der Waals surface area contributed by atoms with E-state index in [1.807, 2.05) is 62.3 Å². The number of likely N-dealkylation sites (N-methyl/N-ethyl adjacent to an activating group) is 1. The van der Waals surface area contributed by atoms with Crippen LogP contribution in [0.15, 0.2) is 48.5 Å². The third kappa shape index (κ3) is 4.05. The van der Waals surface area contributed by atoms with E-state index >= 15 is 0 Å². The van der Waals surface area contributed by atoms with E-state index in [1.165, 1.54) is 6.92 Å². The summed E-state index contributed by atoms with van der Waals surface area (Å²) in [6, 6.07) is 14.6. The van der Waals surface area contributed by atoms with Crippen LogP contribution in [0.25, 0.3) is 0 Å². The first-order chi connectivity index (χ1) is 10.9. The predicted octanol–water partition coefficient (Wildman–Crippen LogP) is 3.44. The number of rotatable bonds is 5. The molecule has 0 saturated carbocycles. The van der Waals surface area contributed by atoms with Crippen molar-refractivity contribution in [1.29, 1.82) is 0 Å². The van der Waals surface area contributed by atoms with Crippen LogP contribution in [0, 0.1) is 6.92 Å². The van der Waals surface area contributed by atoms with Crippen LogP contribution in [-0.2, 0) is 4.79 Å². The van der Waals surface area contributed by atoms with Gasteiger partial charge in [-0.05, 0) is 45.1 Å². The van der Waals surface area contributed by atoms with Crippen molar-refractivity contribution < 1.29 is 9.59 Å². The molecule has 0 aliphatic rings. The quantitative estimate of drug-likeness (QED) is 0.861. The van der Waals surface area contributed by atoms with Crippen LogP contribution in [0.4, 0.5) is 5.69 Å². The standard InChI is InChI=1S/C19H22N2O2/c1-13-10-11-16(14(2)22)12-17(13)20-19(23)18(21(3)4)15-8-6-5-7-9-15/h5-12,18H,1-4H3,(H,20,23). The lowest BCUT2D eigenvalue weighted by atomic mass is 10.0. The van der Waals surface area contributed by atoms with E-state index in [-0.39, 0.29) is 11.7 Å². The zero-order valence-corrected chi connectivity index (χ0v) is 14.0. The summed E-state index contributed by atoms with van der Waals surface area (Å²) < 4.78 is 0. The molecular weight excluding hydrogens is 288 g/mol. The minimum atomic E-state index is -0.392. The van der Waals surface area contributed by atoms with Crippen molar-refractivity contribution >= 4 is 17.4 Å². The summed E-state index contributed by atoms with van der Waals surface area (Å²) in [5.74, 6) is -0.141. The number of carbonyl (C=O) groups is 2. The monoisotopic (exact) mass is 310 g/mol. The van der Waals surface area contributed by atoms with Crippen LogP contribution in [0.3, 0.4) is 0 Å². The number of nitrogens with one attached hydrogen (secondary N) is 1. The number of benzene rings is 2. The molecule has 2 aromatic carbocycles. The summed E-state index contributed by atoms with van der Waals surface area (Å²) in [5.41, 5.74) is 3.11. The van der Waals surface area contributed by atoms with Gasteiger partial charge in [-0.1, -0.05) is 42.5 Å². The molecule has 4 heteroatoms. The Balaban J connectivity index is 2.29. The van der Waals surface area contributed by atoms with E-state index in [0.717, 1.165) is 11.1 Å². The normalized spacial score (nSPS) is 12.0. The Morgan fingerprint density at radius 3 is 2.26 bits per heavy atom. The summed E-state index contributed by atoms with van der Waals surface area (Å²) in [6.45, 7) is 3.43. The fourth-order valence-electron chi connectivity index (χ4n) is 2.50. The Kier molecular flexibility index (Phi) is 5.29. The molecule has 1 N–H and O–H groups in total. The topological polar surface area (TPSA) is 49.4 Å². The van der Waals surface area contributed by atoms with Crippen molar-refractivity contribution in [3.63, 3.8) is 0 Å². The summed E-state index contributed by atoms with van der Waals surface area (Å²) in [6.07, 6.45) is 0. The van der Waals surface area contributed by atoms with Gasteiger partial charge in [-0.3, -0.25) is 14.5 Å². The molecule has 0 bridgehead atoms. The van der Waals surface area contributed by atoms with Crippen LogP contribution in [0.5, 0.6) is 0 Å². The number of Topliss-reactive ketones (excluding diaryl/α,β-unsaturated/α-hetero) is 1. The lowest BCUT2D eigenvalue weighted by molar-refractivity contribution is -0.120. The van der Waals surface area contributed by atoms with Crippen molar-refractivity contribution in [2.45, 2.75) is 19.9 Å². The smallest absolute Gasteiger partial charge is 0.246 e. The number of nitrogens with zero attached hydrogens (tertiary/aromatic N) is 1. The molecule has 0 aromatic heterocycles. The van der Waals surface area contributed by atoms with Gasteiger partial charge in [-0.15, -0.1) is 0 Å². The van der Waals surface area contributed by atoms with E-state index in [1.54, 1.807) is 12.1 Å². The highest BCUT2D eigenvalue weighted by molar-refractivity contribution is 5.99. The SMILES string of the molecule is CC(=O)c1ccc(C)c(NC(=O)C(c2ccccc2)N(C)C)c1. The highest BCUT2D eigenvalue weighted by Crippen LogP contribution is 2.23. The molecule has 0 heterocycles. The second kappa shape index (κ2) is 7.20. The van der Waals surface area contributed by atoms with E-state index < -0.39 is 6.04 Å². The Morgan fingerprint density at radius 1 is 1.04 bits per heavy atom. The van der Waals surface area contributed by atoms with Gasteiger partial charge in [0.2, 0.25) is 5.91 Å². The first-order valence-corrected chi connectivity index (χ1v) is 7.54. The maximum Gasteiger partial charge on any atom is 0.246 e. The highest BCUT2D eigenvalue weighted by atomic mass is 16.2. The summed E-state index contributed by atoms with van der Waals surface area (Å²) in [4.78, 5) is 26.2. The summed E-state index contributed by atoms with van der Waals surface area (Å²) >= 11 is 0. The molecule has 0 fully saturated rings. The maximum atomic E-state index is 12.8.